The van der Waals surface area contributed by atoms with E-state index in [0.717, 1.165) is 9.88 Å². The maximum atomic E-state index is 12.6. The van der Waals surface area contributed by atoms with E-state index >= 15 is 0 Å². The average molecular weight is 346 g/mol. The number of anilines is 1. The van der Waals surface area contributed by atoms with E-state index in [1.54, 1.807) is 13.1 Å². The number of aryl methyl sites for hydroxylation is 2. The first-order valence-electron chi connectivity index (χ1n) is 6.15. The lowest BCUT2D eigenvalue weighted by molar-refractivity contribution is 0.469. The number of nitrogens with two attached hydrogens (primary N) is 1. The lowest BCUT2D eigenvalue weighted by atomic mass is 10.2. The van der Waals surface area contributed by atoms with Gasteiger partial charge in [0.05, 0.1) is 20.6 Å². The highest BCUT2D eigenvalue weighted by Crippen LogP contribution is 2.28. The fourth-order valence-corrected chi connectivity index (χ4v) is 4.18. The highest BCUT2D eigenvalue weighted by Gasteiger charge is 2.23. The molecule has 0 aliphatic heterocycles. The Kier molecular flexibility index (Phi) is 4.57. The number of hydrogen-bond donors (Lipinski definition) is 1. The minimum Gasteiger partial charge on any atom is -0.397 e. The van der Waals surface area contributed by atoms with Gasteiger partial charge in [0.1, 0.15) is 0 Å². The third-order valence-electron chi connectivity index (χ3n) is 3.01. The summed E-state index contributed by atoms with van der Waals surface area (Å²) in [4.78, 5) is 5.15. The highest BCUT2D eigenvalue weighted by molar-refractivity contribution is 7.89. The fourth-order valence-electron chi connectivity index (χ4n) is 1.87. The lowest BCUT2D eigenvalue weighted by Gasteiger charge is -2.17. The first-order chi connectivity index (χ1) is 9.71. The molecule has 2 rings (SSSR count). The largest absolute Gasteiger partial charge is 0.397 e. The molecule has 5 nitrogen and oxygen atoms in total. The monoisotopic (exact) mass is 345 g/mol. The number of nitrogen functional groups attached to an aromatic ring is 1. The van der Waals surface area contributed by atoms with Crippen LogP contribution in [-0.4, -0.2) is 24.8 Å². The standard InChI is InChI=1S/C13H16ClN3O2S2/c1-8-4-11(5-12(15)13(8)14)21(18,19)17(3)7-10-6-16-9(2)20-10/h4-6H,7,15H2,1-3H3. The van der Waals surface area contributed by atoms with Crippen LogP contribution in [-0.2, 0) is 16.6 Å². The molecule has 114 valence electrons. The van der Waals surface area contributed by atoms with Crippen LogP contribution in [0.2, 0.25) is 5.02 Å². The number of thiazole rings is 1. The van der Waals surface area contributed by atoms with Gasteiger partial charge in [-0.05, 0) is 31.5 Å². The summed E-state index contributed by atoms with van der Waals surface area (Å²) in [5.41, 5.74) is 6.65. The number of benzene rings is 1. The van der Waals surface area contributed by atoms with Gasteiger partial charge in [-0.2, -0.15) is 4.31 Å². The fraction of sp³-hybridized carbons (Fsp3) is 0.308. The molecule has 0 amide bonds. The van der Waals surface area contributed by atoms with Crippen molar-refractivity contribution in [1.82, 2.24) is 9.29 Å². The predicted octanol–water partition coefficient (Wildman–Crippen LogP) is 2.82. The maximum Gasteiger partial charge on any atom is 0.243 e. The Morgan fingerprint density at radius 2 is 2.05 bits per heavy atom. The van der Waals surface area contributed by atoms with Crippen LogP contribution in [0.1, 0.15) is 15.4 Å². The summed E-state index contributed by atoms with van der Waals surface area (Å²) < 4.78 is 26.4. The number of nitrogens with zero attached hydrogens (tertiary/aromatic N) is 2. The van der Waals surface area contributed by atoms with Gasteiger partial charge in [-0.3, -0.25) is 0 Å². The molecule has 0 aliphatic carbocycles. The summed E-state index contributed by atoms with van der Waals surface area (Å²) in [5.74, 6) is 0. The quantitative estimate of drug-likeness (QED) is 0.864. The first-order valence-corrected chi connectivity index (χ1v) is 8.78. The van der Waals surface area contributed by atoms with Crippen LogP contribution < -0.4 is 5.73 Å². The van der Waals surface area contributed by atoms with Crippen molar-refractivity contribution >= 4 is 38.6 Å². The maximum absolute atomic E-state index is 12.6. The van der Waals surface area contributed by atoms with Gasteiger partial charge in [-0.25, -0.2) is 13.4 Å². The second-order valence-electron chi connectivity index (χ2n) is 4.75. The molecule has 1 aromatic carbocycles. The van der Waals surface area contributed by atoms with E-state index in [4.69, 9.17) is 17.3 Å². The van der Waals surface area contributed by atoms with Crippen LogP contribution in [0.5, 0.6) is 0 Å². The van der Waals surface area contributed by atoms with Crippen molar-refractivity contribution in [2.75, 3.05) is 12.8 Å². The molecule has 1 heterocycles. The Hall–Kier alpha value is -1.15. The van der Waals surface area contributed by atoms with Gasteiger partial charge in [-0.15, -0.1) is 11.3 Å². The summed E-state index contributed by atoms with van der Waals surface area (Å²) >= 11 is 7.44. The number of halogens is 1. The Morgan fingerprint density at radius 3 is 2.57 bits per heavy atom. The van der Waals surface area contributed by atoms with Crippen molar-refractivity contribution in [1.29, 1.82) is 0 Å². The normalized spacial score (nSPS) is 12.0. The van der Waals surface area contributed by atoms with Crippen molar-refractivity contribution in [3.63, 3.8) is 0 Å². The molecule has 0 aliphatic rings. The third kappa shape index (κ3) is 3.37. The summed E-state index contributed by atoms with van der Waals surface area (Å²) in [7, 11) is -2.08. The molecule has 1 aromatic heterocycles. The molecule has 2 N–H and O–H groups in total. The number of sulfonamides is 1. The molecule has 8 heteroatoms. The van der Waals surface area contributed by atoms with Gasteiger partial charge in [0.15, 0.2) is 0 Å². The van der Waals surface area contributed by atoms with Gasteiger partial charge in [0.2, 0.25) is 10.0 Å². The molecule has 0 saturated carbocycles. The smallest absolute Gasteiger partial charge is 0.243 e. The molecular weight excluding hydrogens is 330 g/mol. The molecule has 0 atom stereocenters. The van der Waals surface area contributed by atoms with Crippen molar-refractivity contribution in [2.45, 2.75) is 25.3 Å². The Balaban J connectivity index is 2.33. The molecule has 2 aromatic rings. The topological polar surface area (TPSA) is 76.3 Å². The Morgan fingerprint density at radius 1 is 1.38 bits per heavy atom. The van der Waals surface area contributed by atoms with Crippen LogP contribution in [0.4, 0.5) is 5.69 Å². The third-order valence-corrected chi connectivity index (χ3v) is 6.21. The summed E-state index contributed by atoms with van der Waals surface area (Å²) in [6, 6.07) is 2.92. The molecule has 0 fully saturated rings. The van der Waals surface area contributed by atoms with Gasteiger partial charge in [0.25, 0.3) is 0 Å². The zero-order chi connectivity index (χ0) is 15.8. The number of hydrogen-bond acceptors (Lipinski definition) is 5. The SMILES string of the molecule is Cc1ncc(CN(C)S(=O)(=O)c2cc(C)c(Cl)c(N)c2)s1. The second kappa shape index (κ2) is 5.92. The molecule has 0 saturated heterocycles. The van der Waals surface area contributed by atoms with Crippen LogP contribution in [0, 0.1) is 13.8 Å². The molecule has 0 unspecified atom stereocenters. The molecule has 0 bridgehead atoms. The van der Waals surface area contributed by atoms with E-state index in [-0.39, 0.29) is 17.1 Å². The van der Waals surface area contributed by atoms with E-state index in [0.29, 0.717) is 10.6 Å². The van der Waals surface area contributed by atoms with Crippen molar-refractivity contribution in [3.8, 4) is 0 Å². The van der Waals surface area contributed by atoms with Crippen molar-refractivity contribution in [3.05, 3.63) is 38.8 Å². The van der Waals surface area contributed by atoms with E-state index in [1.165, 1.54) is 34.8 Å². The van der Waals surface area contributed by atoms with E-state index < -0.39 is 10.0 Å². The van der Waals surface area contributed by atoms with Crippen molar-refractivity contribution in [2.24, 2.45) is 0 Å². The summed E-state index contributed by atoms with van der Waals surface area (Å²) in [6.07, 6.45) is 1.69. The van der Waals surface area contributed by atoms with E-state index in [2.05, 4.69) is 4.98 Å². The minimum absolute atomic E-state index is 0.144. The lowest BCUT2D eigenvalue weighted by Crippen LogP contribution is -2.26. The van der Waals surface area contributed by atoms with Crippen LogP contribution in [0.25, 0.3) is 0 Å². The average Bonchev–Trinajstić information content (AvgIpc) is 2.80. The molecule has 21 heavy (non-hydrogen) atoms. The number of rotatable bonds is 4. The summed E-state index contributed by atoms with van der Waals surface area (Å²) in [5, 5.41) is 1.29. The highest BCUT2D eigenvalue weighted by atomic mass is 35.5. The molecular formula is C13H16ClN3O2S2. The zero-order valence-corrected chi connectivity index (χ0v) is 14.3. The molecule has 0 radical (unpaired) electrons. The Bertz CT molecular complexity index is 748. The first kappa shape index (κ1) is 16.2. The zero-order valence-electron chi connectivity index (χ0n) is 11.9. The van der Waals surface area contributed by atoms with Gasteiger partial charge >= 0.3 is 0 Å². The van der Waals surface area contributed by atoms with Gasteiger partial charge in [-0.1, -0.05) is 11.6 Å². The van der Waals surface area contributed by atoms with Gasteiger partial charge in [0, 0.05) is 24.7 Å². The predicted molar refractivity (Wildman–Crippen MR) is 86.1 cm³/mol. The summed E-state index contributed by atoms with van der Waals surface area (Å²) in [6.45, 7) is 3.88. The van der Waals surface area contributed by atoms with Crippen LogP contribution in [0.15, 0.2) is 23.2 Å². The van der Waals surface area contributed by atoms with Crippen LogP contribution in [0.3, 0.4) is 0 Å². The second-order valence-corrected chi connectivity index (χ2v) is 8.49. The number of aromatic nitrogens is 1. The molecule has 0 spiro atoms. The van der Waals surface area contributed by atoms with Gasteiger partial charge < -0.3 is 5.73 Å². The Labute approximate surface area is 133 Å². The van der Waals surface area contributed by atoms with Crippen LogP contribution >= 0.6 is 22.9 Å². The van der Waals surface area contributed by atoms with E-state index in [1.807, 2.05) is 6.92 Å². The van der Waals surface area contributed by atoms with E-state index in [9.17, 15) is 8.42 Å². The minimum atomic E-state index is -3.62. The van der Waals surface area contributed by atoms with Crippen molar-refractivity contribution < 1.29 is 8.42 Å².